The van der Waals surface area contributed by atoms with Crippen molar-refractivity contribution in [1.82, 2.24) is 4.31 Å². The molecule has 0 N–H and O–H groups in total. The van der Waals surface area contributed by atoms with Crippen LogP contribution in [0.5, 0.6) is 0 Å². The molecule has 1 fully saturated rings. The fourth-order valence-corrected chi connectivity index (χ4v) is 5.08. The van der Waals surface area contributed by atoms with Crippen LogP contribution in [0.15, 0.2) is 27.6 Å². The van der Waals surface area contributed by atoms with Crippen molar-refractivity contribution in [2.45, 2.75) is 49.5 Å². The summed E-state index contributed by atoms with van der Waals surface area (Å²) in [5, 5.41) is 0.264. The first-order valence-electron chi connectivity index (χ1n) is 6.86. The lowest BCUT2D eigenvalue weighted by Crippen LogP contribution is -2.36. The maximum Gasteiger partial charge on any atom is 0.244 e. The van der Waals surface area contributed by atoms with Gasteiger partial charge in [0.1, 0.15) is 4.90 Å². The van der Waals surface area contributed by atoms with Gasteiger partial charge < -0.3 is 0 Å². The molecular formula is C14H19BrClNO2S. The van der Waals surface area contributed by atoms with Crippen LogP contribution in [0.2, 0.25) is 5.02 Å². The van der Waals surface area contributed by atoms with Crippen molar-refractivity contribution in [2.24, 2.45) is 0 Å². The van der Waals surface area contributed by atoms with Crippen molar-refractivity contribution in [1.29, 1.82) is 0 Å². The molecule has 1 aromatic rings. The molecule has 1 aliphatic rings. The largest absolute Gasteiger partial charge is 0.244 e. The quantitative estimate of drug-likeness (QED) is 0.727. The van der Waals surface area contributed by atoms with Crippen LogP contribution in [0.25, 0.3) is 0 Å². The first kappa shape index (κ1) is 16.3. The fourth-order valence-electron chi connectivity index (χ4n) is 2.66. The maximum atomic E-state index is 12.7. The molecule has 0 spiro atoms. The van der Waals surface area contributed by atoms with Gasteiger partial charge in [-0.1, -0.05) is 53.2 Å². The van der Waals surface area contributed by atoms with E-state index in [0.29, 0.717) is 0 Å². The molecule has 112 valence electrons. The molecule has 2 rings (SSSR count). The standard InChI is InChI=1S/C14H19BrClNO2S/c1-17(12-6-4-2-3-5-7-12)20(18,19)14-9-8-11(15)10-13(14)16/h8-10,12H,2-7H2,1H3. The Bertz CT molecular complexity index is 569. The summed E-state index contributed by atoms with van der Waals surface area (Å²) in [6.07, 6.45) is 6.46. The van der Waals surface area contributed by atoms with Gasteiger partial charge in [0, 0.05) is 17.6 Å². The molecule has 1 aromatic carbocycles. The van der Waals surface area contributed by atoms with Crippen LogP contribution in [-0.2, 0) is 10.0 Å². The third kappa shape index (κ3) is 3.56. The summed E-state index contributed by atoms with van der Waals surface area (Å²) < 4.78 is 27.7. The van der Waals surface area contributed by atoms with Crippen molar-refractivity contribution in [2.75, 3.05) is 7.05 Å². The highest BCUT2D eigenvalue weighted by atomic mass is 79.9. The molecule has 0 unspecified atom stereocenters. The lowest BCUT2D eigenvalue weighted by Gasteiger charge is -2.26. The predicted octanol–water partition coefficient (Wildman–Crippen LogP) is 4.45. The highest BCUT2D eigenvalue weighted by Crippen LogP contribution is 2.30. The Morgan fingerprint density at radius 2 is 1.80 bits per heavy atom. The highest BCUT2D eigenvalue weighted by Gasteiger charge is 2.29. The second kappa shape index (κ2) is 6.77. The topological polar surface area (TPSA) is 37.4 Å². The Balaban J connectivity index is 2.28. The molecular weight excluding hydrogens is 362 g/mol. The highest BCUT2D eigenvalue weighted by molar-refractivity contribution is 9.10. The van der Waals surface area contributed by atoms with Gasteiger partial charge in [0.05, 0.1) is 5.02 Å². The normalized spacial score (nSPS) is 18.2. The minimum absolute atomic E-state index is 0.0854. The predicted molar refractivity (Wildman–Crippen MR) is 85.6 cm³/mol. The lowest BCUT2D eigenvalue weighted by molar-refractivity contribution is 0.336. The number of halogens is 2. The summed E-state index contributed by atoms with van der Waals surface area (Å²) in [5.41, 5.74) is 0. The van der Waals surface area contributed by atoms with Crippen LogP contribution in [0.3, 0.4) is 0 Å². The molecule has 0 saturated heterocycles. The summed E-state index contributed by atoms with van der Waals surface area (Å²) in [5.74, 6) is 0. The second-order valence-electron chi connectivity index (χ2n) is 5.24. The minimum Gasteiger partial charge on any atom is -0.207 e. The van der Waals surface area contributed by atoms with Crippen molar-refractivity contribution >= 4 is 37.6 Å². The van der Waals surface area contributed by atoms with E-state index in [0.717, 1.165) is 30.2 Å². The maximum absolute atomic E-state index is 12.7. The van der Waals surface area contributed by atoms with E-state index in [1.54, 1.807) is 25.2 Å². The third-order valence-electron chi connectivity index (χ3n) is 3.89. The van der Waals surface area contributed by atoms with Gasteiger partial charge >= 0.3 is 0 Å². The zero-order chi connectivity index (χ0) is 14.8. The van der Waals surface area contributed by atoms with Crippen LogP contribution < -0.4 is 0 Å². The molecule has 0 heterocycles. The Labute approximate surface area is 134 Å². The number of sulfonamides is 1. The molecule has 0 atom stereocenters. The number of hydrogen-bond acceptors (Lipinski definition) is 2. The molecule has 0 bridgehead atoms. The van der Waals surface area contributed by atoms with Crippen molar-refractivity contribution < 1.29 is 8.42 Å². The number of hydrogen-bond donors (Lipinski definition) is 0. The Morgan fingerprint density at radius 1 is 1.20 bits per heavy atom. The van der Waals surface area contributed by atoms with Gasteiger partial charge in [-0.3, -0.25) is 0 Å². The van der Waals surface area contributed by atoms with Crippen molar-refractivity contribution in [3.8, 4) is 0 Å². The molecule has 0 radical (unpaired) electrons. The molecule has 6 heteroatoms. The molecule has 0 aromatic heterocycles. The average molecular weight is 381 g/mol. The van der Waals surface area contributed by atoms with Crippen LogP contribution in [-0.4, -0.2) is 25.8 Å². The van der Waals surface area contributed by atoms with Crippen LogP contribution in [0.1, 0.15) is 38.5 Å². The average Bonchev–Trinajstić information content (AvgIpc) is 2.66. The van der Waals surface area contributed by atoms with E-state index in [9.17, 15) is 8.42 Å². The summed E-state index contributed by atoms with van der Waals surface area (Å²) in [6, 6.07) is 4.98. The second-order valence-corrected chi connectivity index (χ2v) is 8.53. The fraction of sp³-hybridized carbons (Fsp3) is 0.571. The monoisotopic (exact) mass is 379 g/mol. The number of benzene rings is 1. The lowest BCUT2D eigenvalue weighted by atomic mass is 10.1. The van der Waals surface area contributed by atoms with E-state index in [2.05, 4.69) is 15.9 Å². The summed E-state index contributed by atoms with van der Waals surface area (Å²) in [6.45, 7) is 0. The van der Waals surface area contributed by atoms with Gasteiger partial charge in [-0.05, 0) is 31.0 Å². The minimum atomic E-state index is -3.52. The van der Waals surface area contributed by atoms with Gasteiger partial charge in [-0.2, -0.15) is 4.31 Å². The SMILES string of the molecule is CN(C1CCCCCC1)S(=O)(=O)c1ccc(Br)cc1Cl. The first-order chi connectivity index (χ1) is 9.43. The molecule has 20 heavy (non-hydrogen) atoms. The van der Waals surface area contributed by atoms with E-state index >= 15 is 0 Å². The molecule has 3 nitrogen and oxygen atoms in total. The van der Waals surface area contributed by atoms with E-state index in [4.69, 9.17) is 11.6 Å². The Morgan fingerprint density at radius 3 is 2.35 bits per heavy atom. The Kier molecular flexibility index (Phi) is 5.51. The Hall–Kier alpha value is -0.100. The molecule has 0 amide bonds. The van der Waals surface area contributed by atoms with E-state index < -0.39 is 10.0 Å². The van der Waals surface area contributed by atoms with Gasteiger partial charge in [-0.25, -0.2) is 8.42 Å². The van der Waals surface area contributed by atoms with Crippen molar-refractivity contribution in [3.05, 3.63) is 27.7 Å². The van der Waals surface area contributed by atoms with Crippen molar-refractivity contribution in [3.63, 3.8) is 0 Å². The van der Waals surface area contributed by atoms with Gasteiger partial charge in [0.2, 0.25) is 10.0 Å². The smallest absolute Gasteiger partial charge is 0.207 e. The summed E-state index contributed by atoms with van der Waals surface area (Å²) >= 11 is 9.39. The van der Waals surface area contributed by atoms with E-state index in [1.807, 2.05) is 0 Å². The summed E-state index contributed by atoms with van der Waals surface area (Å²) in [7, 11) is -1.85. The number of rotatable bonds is 3. The van der Waals surface area contributed by atoms with E-state index in [-0.39, 0.29) is 16.0 Å². The summed E-state index contributed by atoms with van der Waals surface area (Å²) in [4.78, 5) is 0.189. The molecule has 1 aliphatic carbocycles. The van der Waals surface area contributed by atoms with E-state index in [1.165, 1.54) is 17.1 Å². The third-order valence-corrected chi connectivity index (χ3v) is 6.78. The zero-order valence-corrected chi connectivity index (χ0v) is 14.6. The first-order valence-corrected chi connectivity index (χ1v) is 9.47. The molecule has 1 saturated carbocycles. The van der Waals surface area contributed by atoms with Gasteiger partial charge in [0.25, 0.3) is 0 Å². The van der Waals surface area contributed by atoms with Gasteiger partial charge in [-0.15, -0.1) is 0 Å². The van der Waals surface area contributed by atoms with Crippen LogP contribution >= 0.6 is 27.5 Å². The zero-order valence-electron chi connectivity index (χ0n) is 11.5. The van der Waals surface area contributed by atoms with Crippen LogP contribution in [0.4, 0.5) is 0 Å². The number of nitrogens with zero attached hydrogens (tertiary/aromatic N) is 1. The van der Waals surface area contributed by atoms with Gasteiger partial charge in [0.15, 0.2) is 0 Å². The van der Waals surface area contributed by atoms with Crippen LogP contribution in [0, 0.1) is 0 Å². The molecule has 0 aliphatic heterocycles.